The van der Waals surface area contributed by atoms with Crippen LogP contribution in [0.2, 0.25) is 0 Å². The van der Waals surface area contributed by atoms with E-state index in [-0.39, 0.29) is 58.4 Å². The second-order valence-corrected chi connectivity index (χ2v) is 12.0. The van der Waals surface area contributed by atoms with Gasteiger partial charge >= 0.3 is 5.97 Å². The molecule has 3 saturated heterocycles. The average molecular weight is 597 g/mol. The quantitative estimate of drug-likeness (QED) is 0.337. The third kappa shape index (κ3) is 5.02. The van der Waals surface area contributed by atoms with Crippen LogP contribution in [0, 0.1) is 0 Å². The summed E-state index contributed by atoms with van der Waals surface area (Å²) in [5.41, 5.74) is -2.09. The van der Waals surface area contributed by atoms with Gasteiger partial charge < -0.3 is 39.4 Å². The Morgan fingerprint density at radius 2 is 1.56 bits per heavy atom. The number of phenols is 2. The Hall–Kier alpha value is -3.68. The summed E-state index contributed by atoms with van der Waals surface area (Å²) in [6, 6.07) is 5.55. The van der Waals surface area contributed by atoms with Crippen molar-refractivity contribution in [1.82, 2.24) is 0 Å². The second kappa shape index (κ2) is 10.5. The summed E-state index contributed by atoms with van der Waals surface area (Å²) in [4.78, 5) is 50.5. The number of hydrogen-bond donors (Lipinski definition) is 4. The number of aliphatic hydroxyl groups is 1. The maximum absolute atomic E-state index is 13.6. The zero-order chi connectivity index (χ0) is 31.0. The number of benzene rings is 2. The number of carboxylic acids is 1. The van der Waals surface area contributed by atoms with Gasteiger partial charge in [-0.2, -0.15) is 0 Å². The van der Waals surface area contributed by atoms with Gasteiger partial charge in [-0.3, -0.25) is 19.2 Å². The fraction of sp³-hybridized carbons (Fsp3) is 0.484. The van der Waals surface area contributed by atoms with E-state index in [4.69, 9.17) is 24.1 Å². The lowest BCUT2D eigenvalue weighted by molar-refractivity contribution is -0.347. The van der Waals surface area contributed by atoms with E-state index in [1.807, 2.05) is 0 Å². The van der Waals surface area contributed by atoms with E-state index in [9.17, 15) is 34.5 Å². The Balaban J connectivity index is 1.28. The first-order valence-electron chi connectivity index (χ1n) is 14.1. The lowest BCUT2D eigenvalue weighted by atomic mass is 9.79. The van der Waals surface area contributed by atoms with Gasteiger partial charge in [0.2, 0.25) is 0 Å². The molecule has 43 heavy (non-hydrogen) atoms. The first-order valence-corrected chi connectivity index (χ1v) is 14.1. The predicted octanol–water partition coefficient (Wildman–Crippen LogP) is 2.35. The number of Topliss-reactive ketones (excluding diaryl/α,β-unsaturated/α-hetero) is 1. The van der Waals surface area contributed by atoms with Gasteiger partial charge in [-0.05, 0) is 38.5 Å². The van der Waals surface area contributed by atoms with Crippen LogP contribution >= 0.6 is 0 Å². The lowest BCUT2D eigenvalue weighted by Crippen LogP contribution is -2.60. The van der Waals surface area contributed by atoms with Crippen molar-refractivity contribution in [3.05, 3.63) is 57.6 Å². The van der Waals surface area contributed by atoms with Crippen LogP contribution in [0.4, 0.5) is 0 Å². The van der Waals surface area contributed by atoms with E-state index in [1.54, 1.807) is 13.8 Å². The summed E-state index contributed by atoms with van der Waals surface area (Å²) in [5.74, 6) is -3.66. The highest BCUT2D eigenvalue weighted by atomic mass is 16.7. The molecule has 3 fully saturated rings. The number of ketones is 3. The zero-order valence-corrected chi connectivity index (χ0v) is 23.7. The van der Waals surface area contributed by atoms with Crippen molar-refractivity contribution < 1.29 is 58.6 Å². The molecule has 6 rings (SSSR count). The average Bonchev–Trinajstić information content (AvgIpc) is 2.91. The second-order valence-electron chi connectivity index (χ2n) is 12.0. The van der Waals surface area contributed by atoms with E-state index in [2.05, 4.69) is 0 Å². The van der Waals surface area contributed by atoms with E-state index in [0.717, 1.165) is 0 Å². The number of aromatic hydroxyl groups is 2. The molecule has 12 nitrogen and oxygen atoms in total. The minimum atomic E-state index is -1.72. The Bertz CT molecular complexity index is 1540. The summed E-state index contributed by atoms with van der Waals surface area (Å²) in [6.07, 6.45) is -4.53. The molecular weight excluding hydrogens is 564 g/mol. The number of carbonyl (C=O) groups is 4. The molecule has 0 amide bonds. The first-order chi connectivity index (χ1) is 20.3. The topological polar surface area (TPSA) is 186 Å². The smallest absolute Gasteiger partial charge is 0.306 e. The van der Waals surface area contributed by atoms with E-state index >= 15 is 0 Å². The SMILES string of the molecule is C[C@@H]1O[C@@H]2O[C@H]3[C@H](C)O[C@H](c4ccc5c(c4O)C(=O)c4ccc(C[C@](C)(O)CC(=O)O)c(O)c4C5=O)C[C@H]3O[C@@H]2CC1=O. The summed E-state index contributed by atoms with van der Waals surface area (Å²) >= 11 is 0. The number of fused-ring (bicyclic) bond motifs is 4. The zero-order valence-electron chi connectivity index (χ0n) is 23.7. The van der Waals surface area contributed by atoms with Crippen molar-refractivity contribution in [2.45, 2.75) is 95.0 Å². The van der Waals surface area contributed by atoms with Crippen LogP contribution in [0.25, 0.3) is 0 Å². The van der Waals surface area contributed by atoms with Crippen LogP contribution in [0.5, 0.6) is 11.5 Å². The Morgan fingerprint density at radius 3 is 2.23 bits per heavy atom. The van der Waals surface area contributed by atoms with E-state index < -0.39 is 84.0 Å². The number of aliphatic carboxylic acids is 1. The third-order valence-electron chi connectivity index (χ3n) is 8.66. The summed E-state index contributed by atoms with van der Waals surface area (Å²) in [6.45, 7) is 4.75. The van der Waals surface area contributed by atoms with Crippen LogP contribution in [-0.2, 0) is 35.0 Å². The highest BCUT2D eigenvalue weighted by Gasteiger charge is 2.50. The summed E-state index contributed by atoms with van der Waals surface area (Å²) in [5, 5.41) is 41.9. The molecule has 2 aromatic rings. The van der Waals surface area contributed by atoms with Gasteiger partial charge in [0.25, 0.3) is 0 Å². The molecule has 0 radical (unpaired) electrons. The molecule has 12 heteroatoms. The monoisotopic (exact) mass is 596 g/mol. The maximum atomic E-state index is 13.6. The molecule has 4 N–H and O–H groups in total. The Morgan fingerprint density at radius 1 is 0.907 bits per heavy atom. The molecule has 2 aromatic carbocycles. The molecule has 0 saturated carbocycles. The van der Waals surface area contributed by atoms with Crippen LogP contribution in [0.1, 0.15) is 89.1 Å². The molecule has 0 spiro atoms. The highest BCUT2D eigenvalue weighted by Crippen LogP contribution is 2.46. The molecule has 228 valence electrons. The maximum Gasteiger partial charge on any atom is 0.306 e. The number of rotatable bonds is 5. The summed E-state index contributed by atoms with van der Waals surface area (Å²) < 4.78 is 24.2. The molecule has 0 unspecified atom stereocenters. The van der Waals surface area contributed by atoms with Crippen LogP contribution in [0.15, 0.2) is 24.3 Å². The molecule has 3 aliphatic heterocycles. The molecule has 1 aliphatic carbocycles. The Kier molecular flexibility index (Phi) is 7.17. The molecule has 3 heterocycles. The van der Waals surface area contributed by atoms with Crippen molar-refractivity contribution in [1.29, 1.82) is 0 Å². The van der Waals surface area contributed by atoms with Crippen molar-refractivity contribution >= 4 is 23.3 Å². The third-order valence-corrected chi connectivity index (χ3v) is 8.66. The standard InChI is InChI=1S/C31H32O12/c1-12-18(32)8-21-30(41-12)43-29-13(2)40-19(9-20(29)42-21)15-6-7-17-24(26(15)36)28(38)16-5-4-14(25(35)23(16)27(17)37)10-31(3,39)11-22(33)34/h4-7,12-13,19-21,29-30,35-36,39H,8-11H2,1-3H3,(H,33,34)/t12-,13-,19-,20+,21+,29-,30+,31-/m0/s1. The van der Waals surface area contributed by atoms with Gasteiger partial charge in [0, 0.05) is 36.0 Å². The number of carboxylic acid groups (broad SMARTS) is 1. The number of carbonyl (C=O) groups excluding carboxylic acids is 3. The van der Waals surface area contributed by atoms with Crippen molar-refractivity contribution in [3.63, 3.8) is 0 Å². The van der Waals surface area contributed by atoms with Crippen molar-refractivity contribution in [3.8, 4) is 11.5 Å². The highest BCUT2D eigenvalue weighted by molar-refractivity contribution is 6.30. The minimum Gasteiger partial charge on any atom is -0.507 e. The molecular formula is C31H32O12. The molecule has 0 aromatic heterocycles. The Labute approximate surface area is 246 Å². The predicted molar refractivity (Wildman–Crippen MR) is 145 cm³/mol. The van der Waals surface area contributed by atoms with Crippen LogP contribution in [-0.4, -0.2) is 86.2 Å². The largest absolute Gasteiger partial charge is 0.507 e. The van der Waals surface area contributed by atoms with Gasteiger partial charge in [0.05, 0.1) is 41.5 Å². The fourth-order valence-electron chi connectivity index (χ4n) is 6.56. The summed E-state index contributed by atoms with van der Waals surface area (Å²) in [7, 11) is 0. The van der Waals surface area contributed by atoms with Gasteiger partial charge in [0.15, 0.2) is 23.6 Å². The van der Waals surface area contributed by atoms with Gasteiger partial charge in [-0.1, -0.05) is 12.1 Å². The molecule has 8 atom stereocenters. The van der Waals surface area contributed by atoms with Gasteiger partial charge in [-0.15, -0.1) is 0 Å². The van der Waals surface area contributed by atoms with Crippen molar-refractivity contribution in [2.24, 2.45) is 0 Å². The van der Waals surface area contributed by atoms with Crippen LogP contribution in [0.3, 0.4) is 0 Å². The number of ether oxygens (including phenoxy) is 4. The normalized spacial score (nSPS) is 31.3. The van der Waals surface area contributed by atoms with Gasteiger partial charge in [-0.25, -0.2) is 0 Å². The van der Waals surface area contributed by atoms with E-state index in [0.29, 0.717) is 0 Å². The van der Waals surface area contributed by atoms with Crippen molar-refractivity contribution in [2.75, 3.05) is 0 Å². The lowest BCUT2D eigenvalue weighted by Gasteiger charge is -2.49. The first kappa shape index (κ1) is 29.4. The van der Waals surface area contributed by atoms with Gasteiger partial charge in [0.1, 0.15) is 29.8 Å². The molecule has 4 aliphatic rings. The molecule has 0 bridgehead atoms. The van der Waals surface area contributed by atoms with Crippen LogP contribution < -0.4 is 0 Å². The number of phenolic OH excluding ortho intramolecular Hbond substituents is 2. The minimum absolute atomic E-state index is 0.0838. The number of hydrogen-bond acceptors (Lipinski definition) is 11. The fourth-order valence-corrected chi connectivity index (χ4v) is 6.56. The van der Waals surface area contributed by atoms with E-state index in [1.165, 1.54) is 31.2 Å².